The maximum atomic E-state index is 13.0. The summed E-state index contributed by atoms with van der Waals surface area (Å²) in [6.45, 7) is 4.11. The summed E-state index contributed by atoms with van der Waals surface area (Å²) in [6.07, 6.45) is 0. The Labute approximate surface area is 122 Å². The molecular weight excluding hydrogens is 279 g/mol. The van der Waals surface area contributed by atoms with Crippen LogP contribution in [0.1, 0.15) is 23.0 Å². The monoisotopic (exact) mass is 292 g/mol. The number of amides is 1. The van der Waals surface area contributed by atoms with Crippen molar-refractivity contribution < 1.29 is 9.18 Å². The zero-order chi connectivity index (χ0) is 14.7. The summed E-state index contributed by atoms with van der Waals surface area (Å²) < 4.78 is 13.0. The molecule has 2 aromatic rings. The minimum absolute atomic E-state index is 0.188. The van der Waals surface area contributed by atoms with Crippen LogP contribution in [0.15, 0.2) is 36.4 Å². The van der Waals surface area contributed by atoms with Gasteiger partial charge in [-0.25, -0.2) is 9.37 Å². The van der Waals surface area contributed by atoms with E-state index in [-0.39, 0.29) is 16.9 Å². The number of hydrogen-bond donors (Lipinski definition) is 0. The largest absolute Gasteiger partial charge is 0.309 e. The molecule has 104 valence electrons. The summed E-state index contributed by atoms with van der Waals surface area (Å²) in [4.78, 5) is 18.1. The second kappa shape index (κ2) is 6.01. The Hall–Kier alpha value is -1.94. The Bertz CT molecular complexity index is 608. The van der Waals surface area contributed by atoms with Crippen molar-refractivity contribution in [2.75, 3.05) is 11.4 Å². The van der Waals surface area contributed by atoms with Gasteiger partial charge in [-0.2, -0.15) is 0 Å². The molecule has 0 spiro atoms. The number of rotatable bonds is 3. The smallest absolute Gasteiger partial charge is 0.258 e. The summed E-state index contributed by atoms with van der Waals surface area (Å²) in [5.41, 5.74) is 1.79. The highest BCUT2D eigenvalue weighted by Gasteiger charge is 2.17. The van der Waals surface area contributed by atoms with Crippen LogP contribution in [-0.4, -0.2) is 17.4 Å². The Balaban J connectivity index is 2.36. The van der Waals surface area contributed by atoms with E-state index in [0.29, 0.717) is 23.5 Å². The van der Waals surface area contributed by atoms with E-state index in [1.807, 2.05) is 6.92 Å². The number of carbonyl (C=O) groups excluding carboxylic acids is 1. The Kier molecular flexibility index (Phi) is 4.35. The van der Waals surface area contributed by atoms with Crippen molar-refractivity contribution in [3.8, 4) is 0 Å². The number of hydrogen-bond acceptors (Lipinski definition) is 2. The lowest BCUT2D eigenvalue weighted by Gasteiger charge is -2.21. The molecule has 0 saturated carbocycles. The first-order chi connectivity index (χ1) is 9.51. The standard InChI is InChI=1S/C15H14ClFN2O/c1-3-19(13-6-4-12(17)5-7-13)15(20)11-8-10(2)18-14(16)9-11/h4-9H,3H2,1-2H3. The normalized spacial score (nSPS) is 10.4. The molecule has 0 fully saturated rings. The van der Waals surface area contributed by atoms with Gasteiger partial charge < -0.3 is 4.90 Å². The van der Waals surface area contributed by atoms with Gasteiger partial charge in [0.05, 0.1) is 0 Å². The van der Waals surface area contributed by atoms with Gasteiger partial charge in [0.25, 0.3) is 5.91 Å². The number of anilines is 1. The SMILES string of the molecule is CCN(C(=O)c1cc(C)nc(Cl)c1)c1ccc(F)cc1. The first-order valence-corrected chi connectivity index (χ1v) is 6.60. The lowest BCUT2D eigenvalue weighted by molar-refractivity contribution is 0.0988. The average molecular weight is 293 g/mol. The Morgan fingerprint density at radius 3 is 2.50 bits per heavy atom. The van der Waals surface area contributed by atoms with E-state index in [1.54, 1.807) is 30.0 Å². The van der Waals surface area contributed by atoms with Crippen LogP contribution in [0.4, 0.5) is 10.1 Å². The second-order valence-electron chi connectivity index (χ2n) is 4.35. The fraction of sp³-hybridized carbons (Fsp3) is 0.200. The van der Waals surface area contributed by atoms with Crippen molar-refractivity contribution in [3.63, 3.8) is 0 Å². The molecule has 3 nitrogen and oxygen atoms in total. The van der Waals surface area contributed by atoms with Crippen LogP contribution in [0.3, 0.4) is 0 Å². The minimum Gasteiger partial charge on any atom is -0.309 e. The fourth-order valence-corrected chi connectivity index (χ4v) is 2.22. The number of nitrogens with zero attached hydrogens (tertiary/aromatic N) is 2. The van der Waals surface area contributed by atoms with Crippen molar-refractivity contribution in [2.24, 2.45) is 0 Å². The quantitative estimate of drug-likeness (QED) is 0.805. The molecule has 5 heteroatoms. The zero-order valence-corrected chi connectivity index (χ0v) is 12.0. The summed E-state index contributed by atoms with van der Waals surface area (Å²) in [5, 5.41) is 0.281. The lowest BCUT2D eigenvalue weighted by Crippen LogP contribution is -2.30. The molecule has 0 radical (unpaired) electrons. The number of benzene rings is 1. The first-order valence-electron chi connectivity index (χ1n) is 6.23. The number of aromatic nitrogens is 1. The van der Waals surface area contributed by atoms with Crippen LogP contribution in [0.25, 0.3) is 0 Å². The van der Waals surface area contributed by atoms with Gasteiger partial charge in [0.1, 0.15) is 11.0 Å². The van der Waals surface area contributed by atoms with Crippen LogP contribution in [-0.2, 0) is 0 Å². The van der Waals surface area contributed by atoms with Crippen LogP contribution in [0.2, 0.25) is 5.15 Å². The fourth-order valence-electron chi connectivity index (χ4n) is 1.97. The van der Waals surface area contributed by atoms with Crippen molar-refractivity contribution in [1.29, 1.82) is 0 Å². The van der Waals surface area contributed by atoms with Gasteiger partial charge in [-0.3, -0.25) is 4.79 Å². The van der Waals surface area contributed by atoms with Crippen molar-refractivity contribution >= 4 is 23.2 Å². The molecule has 1 amide bonds. The second-order valence-corrected chi connectivity index (χ2v) is 4.73. The summed E-state index contributed by atoms with van der Waals surface area (Å²) >= 11 is 5.88. The Morgan fingerprint density at radius 2 is 1.95 bits per heavy atom. The summed E-state index contributed by atoms with van der Waals surface area (Å²) in [5.74, 6) is -0.522. The molecule has 0 aliphatic rings. The molecule has 1 aromatic carbocycles. The van der Waals surface area contributed by atoms with Gasteiger partial charge >= 0.3 is 0 Å². The average Bonchev–Trinajstić information content (AvgIpc) is 2.40. The predicted molar refractivity (Wildman–Crippen MR) is 77.7 cm³/mol. The van der Waals surface area contributed by atoms with Gasteiger partial charge in [-0.1, -0.05) is 11.6 Å². The topological polar surface area (TPSA) is 33.2 Å². The maximum absolute atomic E-state index is 13.0. The summed E-state index contributed by atoms with van der Waals surface area (Å²) in [7, 11) is 0. The zero-order valence-electron chi connectivity index (χ0n) is 11.2. The van der Waals surface area contributed by atoms with Crippen molar-refractivity contribution in [2.45, 2.75) is 13.8 Å². The van der Waals surface area contributed by atoms with Gasteiger partial charge in [-0.15, -0.1) is 0 Å². The molecule has 1 heterocycles. The third kappa shape index (κ3) is 3.14. The molecule has 1 aromatic heterocycles. The number of carbonyl (C=O) groups is 1. The number of aryl methyl sites for hydroxylation is 1. The molecule has 0 aliphatic carbocycles. The first kappa shape index (κ1) is 14.5. The molecule has 0 unspecified atom stereocenters. The van der Waals surface area contributed by atoms with E-state index in [9.17, 15) is 9.18 Å². The molecule has 0 aliphatic heterocycles. The number of pyridine rings is 1. The molecule has 0 atom stereocenters. The molecule has 0 saturated heterocycles. The van der Waals surface area contributed by atoms with Gasteiger partial charge in [0.2, 0.25) is 0 Å². The van der Waals surface area contributed by atoms with E-state index in [0.717, 1.165) is 0 Å². The maximum Gasteiger partial charge on any atom is 0.258 e. The third-order valence-electron chi connectivity index (χ3n) is 2.87. The van der Waals surface area contributed by atoms with Crippen LogP contribution >= 0.6 is 11.6 Å². The lowest BCUT2D eigenvalue weighted by atomic mass is 10.2. The van der Waals surface area contributed by atoms with Gasteiger partial charge in [0.15, 0.2) is 0 Å². The van der Waals surface area contributed by atoms with Crippen molar-refractivity contribution in [1.82, 2.24) is 4.98 Å². The van der Waals surface area contributed by atoms with Crippen LogP contribution in [0, 0.1) is 12.7 Å². The molecule has 2 rings (SSSR count). The third-order valence-corrected chi connectivity index (χ3v) is 3.06. The highest BCUT2D eigenvalue weighted by Crippen LogP contribution is 2.19. The molecule has 20 heavy (non-hydrogen) atoms. The Morgan fingerprint density at radius 1 is 1.30 bits per heavy atom. The number of halogens is 2. The van der Waals surface area contributed by atoms with Gasteiger partial charge in [0, 0.05) is 23.5 Å². The van der Waals surface area contributed by atoms with Crippen molar-refractivity contribution in [3.05, 3.63) is 58.6 Å². The predicted octanol–water partition coefficient (Wildman–Crippen LogP) is 3.85. The van der Waals surface area contributed by atoms with E-state index in [2.05, 4.69) is 4.98 Å². The summed E-state index contributed by atoms with van der Waals surface area (Å²) in [6, 6.07) is 9.02. The van der Waals surface area contributed by atoms with E-state index in [4.69, 9.17) is 11.6 Å². The van der Waals surface area contributed by atoms with Crippen LogP contribution < -0.4 is 4.90 Å². The highest BCUT2D eigenvalue weighted by molar-refractivity contribution is 6.29. The highest BCUT2D eigenvalue weighted by atomic mass is 35.5. The molecule has 0 bridgehead atoms. The van der Waals surface area contributed by atoms with Crippen LogP contribution in [0.5, 0.6) is 0 Å². The molecule has 0 N–H and O–H groups in total. The van der Waals surface area contributed by atoms with E-state index >= 15 is 0 Å². The van der Waals surface area contributed by atoms with Gasteiger partial charge in [-0.05, 0) is 50.2 Å². The minimum atomic E-state index is -0.333. The molecular formula is C15H14ClFN2O. The van der Waals surface area contributed by atoms with E-state index < -0.39 is 0 Å². The van der Waals surface area contributed by atoms with E-state index in [1.165, 1.54) is 18.2 Å².